The maximum atomic E-state index is 10.8. The summed E-state index contributed by atoms with van der Waals surface area (Å²) in [6, 6.07) is 7.48. The van der Waals surface area contributed by atoms with Crippen molar-refractivity contribution in [1.29, 1.82) is 0 Å². The SMILES string of the molecule is CC(=O)Nc1cccc(NCCCO)c1. The average Bonchev–Trinajstić information content (AvgIpc) is 2.18. The number of carbonyl (C=O) groups is 1. The lowest BCUT2D eigenvalue weighted by Gasteiger charge is -2.07. The van der Waals surface area contributed by atoms with Crippen molar-refractivity contribution in [2.75, 3.05) is 23.8 Å². The Balaban J connectivity index is 2.53. The topological polar surface area (TPSA) is 61.4 Å². The molecule has 0 bridgehead atoms. The largest absolute Gasteiger partial charge is 0.396 e. The molecule has 0 saturated carbocycles. The van der Waals surface area contributed by atoms with Crippen molar-refractivity contribution < 1.29 is 9.90 Å². The fraction of sp³-hybridized carbons (Fsp3) is 0.364. The van der Waals surface area contributed by atoms with Crippen LogP contribution in [0, 0.1) is 0 Å². The zero-order chi connectivity index (χ0) is 11.1. The van der Waals surface area contributed by atoms with Crippen LogP contribution in [0.4, 0.5) is 11.4 Å². The number of rotatable bonds is 5. The number of hydrogen-bond acceptors (Lipinski definition) is 3. The van der Waals surface area contributed by atoms with Gasteiger partial charge in [-0.1, -0.05) is 6.07 Å². The van der Waals surface area contributed by atoms with Gasteiger partial charge in [0.1, 0.15) is 0 Å². The quantitative estimate of drug-likeness (QED) is 0.642. The van der Waals surface area contributed by atoms with Crippen LogP contribution in [0.25, 0.3) is 0 Å². The van der Waals surface area contributed by atoms with E-state index < -0.39 is 0 Å². The maximum Gasteiger partial charge on any atom is 0.221 e. The first-order valence-corrected chi connectivity index (χ1v) is 4.95. The molecule has 1 aromatic carbocycles. The molecule has 0 fully saturated rings. The summed E-state index contributed by atoms with van der Waals surface area (Å²) in [4.78, 5) is 10.8. The van der Waals surface area contributed by atoms with Crippen molar-refractivity contribution in [2.45, 2.75) is 13.3 Å². The van der Waals surface area contributed by atoms with Crippen LogP contribution >= 0.6 is 0 Å². The zero-order valence-corrected chi connectivity index (χ0v) is 8.79. The Kier molecular flexibility index (Phi) is 4.63. The summed E-state index contributed by atoms with van der Waals surface area (Å²) in [5.74, 6) is -0.0810. The molecular formula is C11H16N2O2. The Morgan fingerprint density at radius 2 is 2.13 bits per heavy atom. The summed E-state index contributed by atoms with van der Waals surface area (Å²) in [6.45, 7) is 2.38. The van der Waals surface area contributed by atoms with Gasteiger partial charge in [-0.3, -0.25) is 4.79 Å². The van der Waals surface area contributed by atoms with E-state index in [1.54, 1.807) is 0 Å². The van der Waals surface area contributed by atoms with Crippen LogP contribution < -0.4 is 10.6 Å². The molecule has 0 aliphatic rings. The van der Waals surface area contributed by atoms with E-state index in [0.29, 0.717) is 6.42 Å². The van der Waals surface area contributed by atoms with E-state index in [-0.39, 0.29) is 12.5 Å². The first-order chi connectivity index (χ1) is 7.22. The van der Waals surface area contributed by atoms with Gasteiger partial charge in [0.25, 0.3) is 0 Å². The Morgan fingerprint density at radius 3 is 2.80 bits per heavy atom. The highest BCUT2D eigenvalue weighted by molar-refractivity contribution is 5.89. The Bertz CT molecular complexity index is 326. The van der Waals surface area contributed by atoms with Crippen molar-refractivity contribution in [3.8, 4) is 0 Å². The standard InChI is InChI=1S/C11H16N2O2/c1-9(15)13-11-5-2-4-10(8-11)12-6-3-7-14/h2,4-5,8,12,14H,3,6-7H2,1H3,(H,13,15). The third-order valence-electron chi connectivity index (χ3n) is 1.85. The average molecular weight is 208 g/mol. The molecule has 3 N–H and O–H groups in total. The van der Waals surface area contributed by atoms with Crippen molar-refractivity contribution in [2.24, 2.45) is 0 Å². The predicted molar refractivity (Wildman–Crippen MR) is 60.9 cm³/mol. The van der Waals surface area contributed by atoms with Gasteiger partial charge in [0.05, 0.1) is 0 Å². The molecule has 0 aromatic heterocycles. The maximum absolute atomic E-state index is 10.8. The van der Waals surface area contributed by atoms with Crippen molar-refractivity contribution in [1.82, 2.24) is 0 Å². The minimum atomic E-state index is -0.0810. The van der Waals surface area contributed by atoms with Crippen molar-refractivity contribution >= 4 is 17.3 Å². The number of aliphatic hydroxyl groups is 1. The summed E-state index contributed by atoms with van der Waals surface area (Å²) in [7, 11) is 0. The molecule has 0 spiro atoms. The van der Waals surface area contributed by atoms with E-state index in [1.807, 2.05) is 24.3 Å². The van der Waals surface area contributed by atoms with Gasteiger partial charge < -0.3 is 15.7 Å². The van der Waals surface area contributed by atoms with Crippen LogP contribution in [0.5, 0.6) is 0 Å². The van der Waals surface area contributed by atoms with E-state index in [1.165, 1.54) is 6.92 Å². The number of carbonyl (C=O) groups excluding carboxylic acids is 1. The smallest absolute Gasteiger partial charge is 0.221 e. The second-order valence-electron chi connectivity index (χ2n) is 3.27. The number of aliphatic hydroxyl groups excluding tert-OH is 1. The van der Waals surface area contributed by atoms with Gasteiger partial charge in [-0.2, -0.15) is 0 Å². The fourth-order valence-electron chi connectivity index (χ4n) is 1.22. The van der Waals surface area contributed by atoms with Crippen molar-refractivity contribution in [3.05, 3.63) is 24.3 Å². The Hall–Kier alpha value is -1.55. The molecule has 0 atom stereocenters. The second kappa shape index (κ2) is 6.03. The number of amides is 1. The third kappa shape index (κ3) is 4.46. The summed E-state index contributed by atoms with van der Waals surface area (Å²) in [6.07, 6.45) is 0.713. The molecule has 1 amide bonds. The molecule has 0 aliphatic heterocycles. The summed E-state index contributed by atoms with van der Waals surface area (Å²) >= 11 is 0. The van der Waals surface area contributed by atoms with Crippen LogP contribution in [0.15, 0.2) is 24.3 Å². The van der Waals surface area contributed by atoms with Gasteiger partial charge in [0, 0.05) is 31.5 Å². The van der Waals surface area contributed by atoms with E-state index in [0.717, 1.165) is 17.9 Å². The molecule has 1 aromatic rings. The zero-order valence-electron chi connectivity index (χ0n) is 8.79. The molecule has 1 rings (SSSR count). The van der Waals surface area contributed by atoms with Gasteiger partial charge >= 0.3 is 0 Å². The highest BCUT2D eigenvalue weighted by Gasteiger charge is 1.96. The molecule has 4 heteroatoms. The van der Waals surface area contributed by atoms with Crippen molar-refractivity contribution in [3.63, 3.8) is 0 Å². The van der Waals surface area contributed by atoms with Gasteiger partial charge in [-0.05, 0) is 24.6 Å². The van der Waals surface area contributed by atoms with Crippen LogP contribution in [-0.4, -0.2) is 24.2 Å². The predicted octanol–water partition coefficient (Wildman–Crippen LogP) is 1.44. The molecule has 0 saturated heterocycles. The summed E-state index contributed by atoms with van der Waals surface area (Å²) in [5.41, 5.74) is 1.71. The second-order valence-corrected chi connectivity index (χ2v) is 3.27. The Morgan fingerprint density at radius 1 is 1.40 bits per heavy atom. The lowest BCUT2D eigenvalue weighted by Crippen LogP contribution is -2.07. The molecule has 0 radical (unpaired) electrons. The molecule has 0 unspecified atom stereocenters. The molecular weight excluding hydrogens is 192 g/mol. The monoisotopic (exact) mass is 208 g/mol. The minimum Gasteiger partial charge on any atom is -0.396 e. The van der Waals surface area contributed by atoms with Gasteiger partial charge in [-0.25, -0.2) is 0 Å². The van der Waals surface area contributed by atoms with E-state index >= 15 is 0 Å². The van der Waals surface area contributed by atoms with Crippen LogP contribution in [0.3, 0.4) is 0 Å². The first kappa shape index (κ1) is 11.5. The molecule has 0 aliphatic carbocycles. The van der Waals surface area contributed by atoms with Gasteiger partial charge in [-0.15, -0.1) is 0 Å². The molecule has 82 valence electrons. The van der Waals surface area contributed by atoms with Gasteiger partial charge in [0.2, 0.25) is 5.91 Å². The summed E-state index contributed by atoms with van der Waals surface area (Å²) in [5, 5.41) is 14.5. The number of nitrogens with one attached hydrogen (secondary N) is 2. The molecule has 4 nitrogen and oxygen atoms in total. The van der Waals surface area contributed by atoms with Crippen LogP contribution in [0.1, 0.15) is 13.3 Å². The summed E-state index contributed by atoms with van der Waals surface area (Å²) < 4.78 is 0. The number of hydrogen-bond donors (Lipinski definition) is 3. The lowest BCUT2D eigenvalue weighted by molar-refractivity contribution is -0.114. The highest BCUT2D eigenvalue weighted by Crippen LogP contribution is 2.14. The lowest BCUT2D eigenvalue weighted by atomic mass is 10.2. The molecule has 15 heavy (non-hydrogen) atoms. The van der Waals surface area contributed by atoms with E-state index in [9.17, 15) is 4.79 Å². The first-order valence-electron chi connectivity index (χ1n) is 4.95. The van der Waals surface area contributed by atoms with E-state index in [2.05, 4.69) is 10.6 Å². The Labute approximate surface area is 89.3 Å². The van der Waals surface area contributed by atoms with Crippen LogP contribution in [-0.2, 0) is 4.79 Å². The number of benzene rings is 1. The minimum absolute atomic E-state index is 0.0810. The third-order valence-corrected chi connectivity index (χ3v) is 1.85. The van der Waals surface area contributed by atoms with Gasteiger partial charge in [0.15, 0.2) is 0 Å². The normalized spacial score (nSPS) is 9.73. The highest BCUT2D eigenvalue weighted by atomic mass is 16.3. The van der Waals surface area contributed by atoms with Crippen LogP contribution in [0.2, 0.25) is 0 Å². The number of anilines is 2. The fourth-order valence-corrected chi connectivity index (χ4v) is 1.22. The van der Waals surface area contributed by atoms with E-state index in [4.69, 9.17) is 5.11 Å². The molecule has 0 heterocycles.